The van der Waals surface area contributed by atoms with E-state index in [1.165, 1.54) is 6.07 Å². The minimum atomic E-state index is -1.05. The number of ether oxygens (including phenoxy) is 1. The number of hydrogen-bond acceptors (Lipinski definition) is 5. The van der Waals surface area contributed by atoms with E-state index in [1.54, 1.807) is 18.2 Å². The minimum absolute atomic E-state index is 0.00409. The molecule has 0 spiro atoms. The molecule has 0 amide bonds. The first-order chi connectivity index (χ1) is 10.7. The first kappa shape index (κ1) is 13.8. The monoisotopic (exact) mass is 296 g/mol. The third kappa shape index (κ3) is 2.95. The molecule has 3 rings (SSSR count). The fraction of sp³-hybridized carbons (Fsp3) is 0.0625. The van der Waals surface area contributed by atoms with Gasteiger partial charge < -0.3 is 14.4 Å². The summed E-state index contributed by atoms with van der Waals surface area (Å²) >= 11 is 0. The van der Waals surface area contributed by atoms with Gasteiger partial charge in [-0.15, -0.1) is 0 Å². The molecular formula is C16H12N2O4. The highest BCUT2D eigenvalue weighted by Gasteiger charge is 2.13. The largest absolute Gasteiger partial charge is 0.483 e. The number of benzene rings is 2. The van der Waals surface area contributed by atoms with Gasteiger partial charge in [0.25, 0.3) is 5.89 Å². The normalized spacial score (nSPS) is 10.4. The first-order valence-electron chi connectivity index (χ1n) is 6.57. The topological polar surface area (TPSA) is 85.5 Å². The Bertz CT molecular complexity index is 784. The van der Waals surface area contributed by atoms with Crippen molar-refractivity contribution in [3.05, 3.63) is 66.1 Å². The molecule has 110 valence electrons. The van der Waals surface area contributed by atoms with Gasteiger partial charge in [-0.25, -0.2) is 4.79 Å². The van der Waals surface area contributed by atoms with Crippen molar-refractivity contribution >= 4 is 5.97 Å². The van der Waals surface area contributed by atoms with Crippen LogP contribution in [0, 0.1) is 0 Å². The molecule has 0 atom stereocenters. The number of para-hydroxylation sites is 1. The molecule has 0 fully saturated rings. The van der Waals surface area contributed by atoms with E-state index in [0.29, 0.717) is 5.82 Å². The Morgan fingerprint density at radius 1 is 1.09 bits per heavy atom. The molecule has 0 aliphatic heterocycles. The number of carboxylic acids is 1. The molecule has 0 aliphatic carbocycles. The molecule has 2 aromatic carbocycles. The van der Waals surface area contributed by atoms with Gasteiger partial charge in [-0.2, -0.15) is 4.98 Å². The van der Waals surface area contributed by atoms with Crippen LogP contribution in [0.25, 0.3) is 11.4 Å². The van der Waals surface area contributed by atoms with Crippen molar-refractivity contribution in [3.8, 4) is 17.1 Å². The number of aromatic nitrogens is 2. The molecule has 0 radical (unpaired) electrons. The lowest BCUT2D eigenvalue weighted by Crippen LogP contribution is -2.03. The Labute approximate surface area is 126 Å². The van der Waals surface area contributed by atoms with Crippen molar-refractivity contribution in [1.29, 1.82) is 0 Å². The highest BCUT2D eigenvalue weighted by Crippen LogP contribution is 2.20. The van der Waals surface area contributed by atoms with E-state index in [0.717, 1.165) is 5.56 Å². The predicted molar refractivity (Wildman–Crippen MR) is 77.5 cm³/mol. The highest BCUT2D eigenvalue weighted by molar-refractivity contribution is 5.90. The molecule has 22 heavy (non-hydrogen) atoms. The number of carbonyl (C=O) groups is 1. The summed E-state index contributed by atoms with van der Waals surface area (Å²) < 4.78 is 10.6. The Kier molecular flexibility index (Phi) is 3.82. The summed E-state index contributed by atoms with van der Waals surface area (Å²) in [6.07, 6.45) is 0. The zero-order valence-electron chi connectivity index (χ0n) is 11.5. The number of hydrogen-bond donors (Lipinski definition) is 1. The number of nitrogens with zero attached hydrogens (tertiary/aromatic N) is 2. The van der Waals surface area contributed by atoms with Crippen LogP contribution in [0.1, 0.15) is 16.2 Å². The Morgan fingerprint density at radius 3 is 2.59 bits per heavy atom. The van der Waals surface area contributed by atoms with E-state index in [4.69, 9.17) is 14.4 Å². The lowest BCUT2D eigenvalue weighted by atomic mass is 10.2. The Hall–Kier alpha value is -3.15. The van der Waals surface area contributed by atoms with Crippen molar-refractivity contribution in [2.75, 3.05) is 0 Å². The molecule has 1 aromatic heterocycles. The van der Waals surface area contributed by atoms with Gasteiger partial charge in [0, 0.05) is 5.56 Å². The van der Waals surface area contributed by atoms with Crippen LogP contribution >= 0.6 is 0 Å². The quantitative estimate of drug-likeness (QED) is 0.779. The zero-order chi connectivity index (χ0) is 15.4. The summed E-state index contributed by atoms with van der Waals surface area (Å²) in [4.78, 5) is 15.3. The highest BCUT2D eigenvalue weighted by atomic mass is 16.5. The Morgan fingerprint density at radius 2 is 1.82 bits per heavy atom. The molecule has 6 nitrogen and oxygen atoms in total. The average molecular weight is 296 g/mol. The Balaban J connectivity index is 1.73. The van der Waals surface area contributed by atoms with E-state index >= 15 is 0 Å². The molecular weight excluding hydrogens is 284 g/mol. The van der Waals surface area contributed by atoms with Crippen LogP contribution in [0.5, 0.6) is 5.75 Å². The maximum absolute atomic E-state index is 11.1. The molecule has 6 heteroatoms. The summed E-state index contributed by atoms with van der Waals surface area (Å²) in [6.45, 7) is 0.00409. The smallest absolute Gasteiger partial charge is 0.339 e. The average Bonchev–Trinajstić information content (AvgIpc) is 3.03. The van der Waals surface area contributed by atoms with Gasteiger partial charge in [0.1, 0.15) is 11.3 Å². The van der Waals surface area contributed by atoms with Crippen LogP contribution in [-0.4, -0.2) is 21.2 Å². The second kappa shape index (κ2) is 6.09. The van der Waals surface area contributed by atoms with E-state index in [2.05, 4.69) is 10.1 Å². The fourth-order valence-electron chi connectivity index (χ4n) is 1.93. The third-order valence-electron chi connectivity index (χ3n) is 2.97. The third-order valence-corrected chi connectivity index (χ3v) is 2.97. The van der Waals surface area contributed by atoms with Crippen LogP contribution < -0.4 is 4.74 Å². The minimum Gasteiger partial charge on any atom is -0.483 e. The van der Waals surface area contributed by atoms with Crippen LogP contribution in [0.4, 0.5) is 0 Å². The summed E-state index contributed by atoms with van der Waals surface area (Å²) in [5, 5.41) is 13.0. The second-order valence-corrected chi connectivity index (χ2v) is 4.47. The van der Waals surface area contributed by atoms with Gasteiger partial charge in [-0.05, 0) is 12.1 Å². The number of rotatable bonds is 5. The van der Waals surface area contributed by atoms with E-state index < -0.39 is 5.97 Å². The maximum atomic E-state index is 11.1. The zero-order valence-corrected chi connectivity index (χ0v) is 11.5. The molecule has 0 unspecified atom stereocenters. The van der Waals surface area contributed by atoms with Crippen LogP contribution in [0.3, 0.4) is 0 Å². The van der Waals surface area contributed by atoms with Crippen LogP contribution in [-0.2, 0) is 6.61 Å². The summed E-state index contributed by atoms with van der Waals surface area (Å²) in [5.74, 6) is -0.0506. The van der Waals surface area contributed by atoms with Gasteiger partial charge in [-0.3, -0.25) is 0 Å². The van der Waals surface area contributed by atoms with Gasteiger partial charge in [0.05, 0.1) is 0 Å². The summed E-state index contributed by atoms with van der Waals surface area (Å²) in [5.41, 5.74) is 0.925. The molecule has 3 aromatic rings. The predicted octanol–water partition coefficient (Wildman–Crippen LogP) is 3.01. The van der Waals surface area contributed by atoms with E-state index in [-0.39, 0.29) is 23.8 Å². The van der Waals surface area contributed by atoms with Crippen molar-refractivity contribution in [3.63, 3.8) is 0 Å². The van der Waals surface area contributed by atoms with Gasteiger partial charge in [0.2, 0.25) is 5.82 Å². The van der Waals surface area contributed by atoms with Gasteiger partial charge >= 0.3 is 5.97 Å². The summed E-state index contributed by atoms with van der Waals surface area (Å²) in [7, 11) is 0. The van der Waals surface area contributed by atoms with Crippen molar-refractivity contribution in [1.82, 2.24) is 10.1 Å². The summed E-state index contributed by atoms with van der Waals surface area (Å²) in [6, 6.07) is 15.8. The van der Waals surface area contributed by atoms with Gasteiger partial charge in [0.15, 0.2) is 6.61 Å². The number of carboxylic acid groups (broad SMARTS) is 1. The van der Waals surface area contributed by atoms with E-state index in [1.807, 2.05) is 30.3 Å². The fourth-order valence-corrected chi connectivity index (χ4v) is 1.93. The van der Waals surface area contributed by atoms with Crippen LogP contribution in [0.15, 0.2) is 59.1 Å². The SMILES string of the molecule is O=C(O)c1ccccc1OCc1nc(-c2ccccc2)no1. The first-order valence-corrected chi connectivity index (χ1v) is 6.57. The molecule has 0 saturated carbocycles. The van der Waals surface area contributed by atoms with Crippen molar-refractivity contribution in [2.45, 2.75) is 6.61 Å². The molecule has 0 bridgehead atoms. The van der Waals surface area contributed by atoms with E-state index in [9.17, 15) is 4.79 Å². The van der Waals surface area contributed by atoms with Crippen molar-refractivity contribution < 1.29 is 19.2 Å². The second-order valence-electron chi connectivity index (χ2n) is 4.47. The molecule has 1 N–H and O–H groups in total. The van der Waals surface area contributed by atoms with Gasteiger partial charge in [-0.1, -0.05) is 47.6 Å². The molecule has 1 heterocycles. The van der Waals surface area contributed by atoms with Crippen LogP contribution in [0.2, 0.25) is 0 Å². The lowest BCUT2D eigenvalue weighted by molar-refractivity contribution is 0.0691. The molecule has 0 aliphatic rings. The molecule has 0 saturated heterocycles. The maximum Gasteiger partial charge on any atom is 0.339 e. The standard InChI is InChI=1S/C16H12N2O4/c19-16(20)12-8-4-5-9-13(12)21-10-14-17-15(18-22-14)11-6-2-1-3-7-11/h1-9H,10H2,(H,19,20). The lowest BCUT2D eigenvalue weighted by Gasteiger charge is -2.05. The van der Waals surface area contributed by atoms with Crippen molar-refractivity contribution in [2.24, 2.45) is 0 Å². The number of aromatic carboxylic acids is 1.